The number of halogens is 3. The average molecular weight is 184 g/mol. The molecule has 0 aliphatic rings. The van der Waals surface area contributed by atoms with Gasteiger partial charge in [0, 0.05) is 0 Å². The third-order valence-corrected chi connectivity index (χ3v) is 1.58. The number of rotatable bonds is 4. The van der Waals surface area contributed by atoms with Crippen LogP contribution in [0.5, 0.6) is 0 Å². The maximum atomic E-state index is 12.9. The molecule has 12 heavy (non-hydrogen) atoms. The molecule has 0 radical (unpaired) electrons. The second-order valence-corrected chi connectivity index (χ2v) is 3.10. The number of hydrogen-bond acceptors (Lipinski definition) is 1. The van der Waals surface area contributed by atoms with Crippen LogP contribution in [0.25, 0.3) is 0 Å². The molecule has 0 saturated carbocycles. The molecule has 0 aromatic heterocycles. The fourth-order valence-corrected chi connectivity index (χ4v) is 0.820. The lowest BCUT2D eigenvalue weighted by molar-refractivity contribution is -0.142. The topological polar surface area (TPSA) is 37.3 Å². The first-order valence-electron chi connectivity index (χ1n) is 3.44. The van der Waals surface area contributed by atoms with Gasteiger partial charge in [0.15, 0.2) is 0 Å². The lowest BCUT2D eigenvalue weighted by atomic mass is 9.90. The van der Waals surface area contributed by atoms with Crippen LogP contribution >= 0.6 is 0 Å². The van der Waals surface area contributed by atoms with E-state index >= 15 is 0 Å². The van der Waals surface area contributed by atoms with E-state index in [9.17, 15) is 18.0 Å². The summed E-state index contributed by atoms with van der Waals surface area (Å²) >= 11 is 0. The molecule has 1 unspecified atom stereocenters. The highest BCUT2D eigenvalue weighted by molar-refractivity contribution is 5.67. The molecule has 0 bridgehead atoms. The first kappa shape index (κ1) is 11.3. The summed E-state index contributed by atoms with van der Waals surface area (Å²) in [5, 5.41) is 8.20. The smallest absolute Gasteiger partial charge is 0.303 e. The molecule has 0 fully saturated rings. The van der Waals surface area contributed by atoms with Crippen LogP contribution in [0.3, 0.4) is 0 Å². The fourth-order valence-electron chi connectivity index (χ4n) is 0.820. The van der Waals surface area contributed by atoms with E-state index in [0.717, 1.165) is 13.8 Å². The highest BCUT2D eigenvalue weighted by atomic mass is 19.3. The second-order valence-electron chi connectivity index (χ2n) is 3.10. The molecule has 0 aromatic carbocycles. The Bertz CT molecular complexity index is 163. The second kappa shape index (κ2) is 3.78. The molecule has 1 atom stereocenters. The Labute approximate surface area is 68.4 Å². The van der Waals surface area contributed by atoms with Crippen molar-refractivity contribution in [3.8, 4) is 0 Å². The molecule has 0 saturated heterocycles. The van der Waals surface area contributed by atoms with Crippen molar-refractivity contribution in [2.75, 3.05) is 0 Å². The van der Waals surface area contributed by atoms with E-state index in [-0.39, 0.29) is 0 Å². The molecule has 0 amide bonds. The van der Waals surface area contributed by atoms with E-state index in [1.807, 2.05) is 0 Å². The Morgan fingerprint density at radius 2 is 1.92 bits per heavy atom. The van der Waals surface area contributed by atoms with Crippen molar-refractivity contribution in [1.82, 2.24) is 0 Å². The van der Waals surface area contributed by atoms with Crippen LogP contribution in [-0.4, -0.2) is 23.2 Å². The van der Waals surface area contributed by atoms with Gasteiger partial charge in [0.05, 0.1) is 12.3 Å². The Morgan fingerprint density at radius 3 is 2.00 bits per heavy atom. The van der Waals surface area contributed by atoms with Gasteiger partial charge in [-0.15, -0.1) is 0 Å². The minimum atomic E-state index is -2.94. The molecule has 0 rings (SSSR count). The van der Waals surface area contributed by atoms with Crippen LogP contribution in [0.2, 0.25) is 0 Å². The minimum absolute atomic E-state index is 0.846. The summed E-state index contributed by atoms with van der Waals surface area (Å²) < 4.78 is 37.0. The summed E-state index contributed by atoms with van der Waals surface area (Å²) in [5.74, 6) is -3.15. The molecule has 2 nitrogen and oxygen atoms in total. The van der Waals surface area contributed by atoms with E-state index in [1.54, 1.807) is 0 Å². The van der Waals surface area contributed by atoms with Crippen molar-refractivity contribution < 1.29 is 23.1 Å². The van der Waals surface area contributed by atoms with Crippen LogP contribution in [0.15, 0.2) is 0 Å². The van der Waals surface area contributed by atoms with E-state index in [2.05, 4.69) is 0 Å². The first-order valence-corrected chi connectivity index (χ1v) is 3.44. The van der Waals surface area contributed by atoms with Gasteiger partial charge in [-0.25, -0.2) is 13.2 Å². The van der Waals surface area contributed by atoms with Crippen LogP contribution in [0.4, 0.5) is 13.2 Å². The van der Waals surface area contributed by atoms with Crippen molar-refractivity contribution in [2.24, 2.45) is 5.92 Å². The zero-order valence-corrected chi connectivity index (χ0v) is 6.85. The molecule has 0 aromatic rings. The van der Waals surface area contributed by atoms with Crippen molar-refractivity contribution in [2.45, 2.75) is 32.4 Å². The van der Waals surface area contributed by atoms with E-state index < -0.39 is 30.4 Å². The molecule has 72 valence electrons. The number of aliphatic carboxylic acids is 1. The Morgan fingerprint density at radius 1 is 1.50 bits per heavy atom. The van der Waals surface area contributed by atoms with Gasteiger partial charge in [-0.2, -0.15) is 0 Å². The van der Waals surface area contributed by atoms with Crippen LogP contribution in [0, 0.1) is 5.92 Å². The summed E-state index contributed by atoms with van der Waals surface area (Å²) in [5.41, 5.74) is -2.16. The third-order valence-electron chi connectivity index (χ3n) is 1.58. The normalized spacial score (nSPS) is 14.8. The molecule has 0 aliphatic carbocycles. The predicted octanol–water partition coefficient (Wildman–Crippen LogP) is 2.09. The molecule has 5 heteroatoms. The maximum Gasteiger partial charge on any atom is 0.303 e. The summed E-state index contributed by atoms with van der Waals surface area (Å²) in [6, 6.07) is 0. The van der Waals surface area contributed by atoms with E-state index in [0.29, 0.717) is 0 Å². The van der Waals surface area contributed by atoms with Gasteiger partial charge in [-0.05, 0) is 13.8 Å². The minimum Gasteiger partial charge on any atom is -0.481 e. The SMILES string of the molecule is CC(C)(F)C(CC(=O)O)C(F)F. The summed E-state index contributed by atoms with van der Waals surface area (Å²) in [4.78, 5) is 10.1. The number of carboxylic acid groups (broad SMARTS) is 1. The third kappa shape index (κ3) is 3.59. The van der Waals surface area contributed by atoms with E-state index in [4.69, 9.17) is 5.11 Å². The van der Waals surface area contributed by atoms with Crippen molar-refractivity contribution >= 4 is 5.97 Å². The van der Waals surface area contributed by atoms with Crippen LogP contribution < -0.4 is 0 Å². The summed E-state index contributed by atoms with van der Waals surface area (Å²) in [6.07, 6.45) is -3.79. The van der Waals surface area contributed by atoms with Gasteiger partial charge in [-0.1, -0.05) is 0 Å². The van der Waals surface area contributed by atoms with Gasteiger partial charge in [-0.3, -0.25) is 4.79 Å². The highest BCUT2D eigenvalue weighted by Gasteiger charge is 2.38. The summed E-state index contributed by atoms with van der Waals surface area (Å²) in [6.45, 7) is 1.90. The van der Waals surface area contributed by atoms with Gasteiger partial charge >= 0.3 is 5.97 Å². The van der Waals surface area contributed by atoms with Gasteiger partial charge < -0.3 is 5.11 Å². The van der Waals surface area contributed by atoms with Gasteiger partial charge in [0.25, 0.3) is 0 Å². The predicted molar refractivity (Wildman–Crippen MR) is 36.9 cm³/mol. The van der Waals surface area contributed by atoms with Crippen LogP contribution in [-0.2, 0) is 4.79 Å². The first-order chi connectivity index (χ1) is 5.25. The van der Waals surface area contributed by atoms with Crippen molar-refractivity contribution in [3.05, 3.63) is 0 Å². The maximum absolute atomic E-state index is 12.9. The van der Waals surface area contributed by atoms with Crippen LogP contribution in [0.1, 0.15) is 20.3 Å². The Balaban J connectivity index is 4.35. The standard InChI is InChI=1S/C7H11F3O2/c1-7(2,10)4(6(8)9)3-5(11)12/h4,6H,3H2,1-2H3,(H,11,12). The van der Waals surface area contributed by atoms with Gasteiger partial charge in [0.2, 0.25) is 6.43 Å². The average Bonchev–Trinajstić information content (AvgIpc) is 1.79. The number of hydrogen-bond donors (Lipinski definition) is 1. The monoisotopic (exact) mass is 184 g/mol. The zero-order chi connectivity index (χ0) is 9.94. The number of alkyl halides is 3. The fraction of sp³-hybridized carbons (Fsp3) is 0.857. The quantitative estimate of drug-likeness (QED) is 0.726. The molecule has 1 N–H and O–H groups in total. The lowest BCUT2D eigenvalue weighted by Gasteiger charge is -2.24. The van der Waals surface area contributed by atoms with Gasteiger partial charge in [0.1, 0.15) is 5.67 Å². The van der Waals surface area contributed by atoms with Crippen molar-refractivity contribution in [1.29, 1.82) is 0 Å². The number of carboxylic acids is 1. The molecule has 0 heterocycles. The molecular weight excluding hydrogens is 173 g/mol. The van der Waals surface area contributed by atoms with E-state index in [1.165, 1.54) is 0 Å². The Hall–Kier alpha value is -0.740. The molecule has 0 spiro atoms. The Kier molecular flexibility index (Phi) is 3.55. The van der Waals surface area contributed by atoms with Crippen molar-refractivity contribution in [3.63, 3.8) is 0 Å². The number of carbonyl (C=O) groups is 1. The lowest BCUT2D eigenvalue weighted by Crippen LogP contribution is -2.33. The summed E-state index contributed by atoms with van der Waals surface area (Å²) in [7, 11) is 0. The zero-order valence-electron chi connectivity index (χ0n) is 6.85. The highest BCUT2D eigenvalue weighted by Crippen LogP contribution is 2.29. The molecular formula is C7H11F3O2. The largest absolute Gasteiger partial charge is 0.481 e. The molecule has 0 aliphatic heterocycles.